The van der Waals surface area contributed by atoms with E-state index in [2.05, 4.69) is 20.6 Å². The van der Waals surface area contributed by atoms with Crippen LogP contribution >= 0.6 is 0 Å². The van der Waals surface area contributed by atoms with Crippen molar-refractivity contribution in [3.63, 3.8) is 0 Å². The summed E-state index contributed by atoms with van der Waals surface area (Å²) in [5.41, 5.74) is 3.25. The Hall–Kier alpha value is -3.67. The molecule has 0 saturated heterocycles. The van der Waals surface area contributed by atoms with E-state index in [1.165, 1.54) is 0 Å². The van der Waals surface area contributed by atoms with Crippen LogP contribution in [-0.4, -0.2) is 24.0 Å². The van der Waals surface area contributed by atoms with Crippen molar-refractivity contribution in [3.8, 4) is 5.75 Å². The number of nitrogens with one attached hydrogen (secondary N) is 2. The number of benzene rings is 2. The van der Waals surface area contributed by atoms with Gasteiger partial charge in [0.1, 0.15) is 5.75 Å². The van der Waals surface area contributed by atoms with Crippen LogP contribution in [-0.2, 0) is 6.54 Å². The molecular weight excluding hydrogens is 352 g/mol. The summed E-state index contributed by atoms with van der Waals surface area (Å²) >= 11 is 0. The molecule has 0 aliphatic rings. The minimum Gasteiger partial charge on any atom is -0.497 e. The van der Waals surface area contributed by atoms with Crippen LogP contribution in [0.15, 0.2) is 78.0 Å². The number of pyridine rings is 1. The highest BCUT2D eigenvalue weighted by Crippen LogP contribution is 2.17. The quantitative estimate of drug-likeness (QED) is 0.526. The van der Waals surface area contributed by atoms with Crippen molar-refractivity contribution in [3.05, 3.63) is 89.7 Å². The van der Waals surface area contributed by atoms with Gasteiger partial charge < -0.3 is 10.1 Å². The highest BCUT2D eigenvalue weighted by molar-refractivity contribution is 6.10. The molecule has 0 fully saturated rings. The van der Waals surface area contributed by atoms with Crippen LogP contribution < -0.4 is 15.4 Å². The SMILES string of the molecule is COc1cccc(NC(=NCc2ccncc2)NC(=O)c2ccccc2C)c1. The number of methoxy groups -OCH3 is 1. The fourth-order valence-corrected chi connectivity index (χ4v) is 2.61. The predicted molar refractivity (Wildman–Crippen MR) is 111 cm³/mol. The Bertz CT molecular complexity index is 971. The first-order valence-electron chi connectivity index (χ1n) is 8.87. The maximum atomic E-state index is 12.7. The van der Waals surface area contributed by atoms with E-state index in [1.807, 2.05) is 61.5 Å². The second-order valence-electron chi connectivity index (χ2n) is 6.15. The molecule has 0 aliphatic carbocycles. The van der Waals surface area contributed by atoms with Crippen molar-refractivity contribution in [2.24, 2.45) is 4.99 Å². The number of amides is 1. The van der Waals surface area contributed by atoms with Gasteiger partial charge in [-0.2, -0.15) is 0 Å². The molecule has 2 N–H and O–H groups in total. The Labute approximate surface area is 164 Å². The normalized spacial score (nSPS) is 11.0. The fourth-order valence-electron chi connectivity index (χ4n) is 2.61. The summed E-state index contributed by atoms with van der Waals surface area (Å²) < 4.78 is 5.26. The van der Waals surface area contributed by atoms with Crippen molar-refractivity contribution in [1.82, 2.24) is 10.3 Å². The minimum atomic E-state index is -0.220. The van der Waals surface area contributed by atoms with Gasteiger partial charge in [0, 0.05) is 29.7 Å². The number of aromatic nitrogens is 1. The van der Waals surface area contributed by atoms with Crippen LogP contribution in [0.2, 0.25) is 0 Å². The Morgan fingerprint density at radius 3 is 2.61 bits per heavy atom. The maximum Gasteiger partial charge on any atom is 0.258 e. The second-order valence-corrected chi connectivity index (χ2v) is 6.15. The number of aliphatic imine (C=N–C) groups is 1. The average molecular weight is 374 g/mol. The molecule has 28 heavy (non-hydrogen) atoms. The zero-order valence-electron chi connectivity index (χ0n) is 15.8. The van der Waals surface area contributed by atoms with E-state index in [9.17, 15) is 4.79 Å². The summed E-state index contributed by atoms with van der Waals surface area (Å²) in [5, 5.41) is 6.04. The van der Waals surface area contributed by atoms with E-state index in [4.69, 9.17) is 4.74 Å². The first-order valence-corrected chi connectivity index (χ1v) is 8.87. The Morgan fingerprint density at radius 1 is 1.07 bits per heavy atom. The Balaban J connectivity index is 1.83. The van der Waals surface area contributed by atoms with Gasteiger partial charge in [0.15, 0.2) is 0 Å². The molecule has 142 valence electrons. The van der Waals surface area contributed by atoms with Gasteiger partial charge >= 0.3 is 0 Å². The third kappa shape index (κ3) is 5.17. The highest BCUT2D eigenvalue weighted by Gasteiger charge is 2.11. The number of carbonyl (C=O) groups excluding carboxylic acids is 1. The zero-order chi connectivity index (χ0) is 19.8. The maximum absolute atomic E-state index is 12.7. The second kappa shape index (κ2) is 9.32. The van der Waals surface area contributed by atoms with Crippen molar-refractivity contribution < 1.29 is 9.53 Å². The average Bonchev–Trinajstić information content (AvgIpc) is 2.73. The van der Waals surface area contributed by atoms with Gasteiger partial charge in [-0.05, 0) is 48.4 Å². The van der Waals surface area contributed by atoms with Crippen LogP contribution in [0.3, 0.4) is 0 Å². The largest absolute Gasteiger partial charge is 0.497 e. The summed E-state index contributed by atoms with van der Waals surface area (Å²) in [5.74, 6) is 0.851. The fraction of sp³-hybridized carbons (Fsp3) is 0.136. The van der Waals surface area contributed by atoms with E-state index in [0.29, 0.717) is 23.8 Å². The number of hydrogen-bond donors (Lipinski definition) is 2. The summed E-state index contributed by atoms with van der Waals surface area (Å²) in [6, 6.07) is 18.6. The smallest absolute Gasteiger partial charge is 0.258 e. The lowest BCUT2D eigenvalue weighted by molar-refractivity contribution is 0.0976. The molecule has 0 bridgehead atoms. The summed E-state index contributed by atoms with van der Waals surface area (Å²) in [4.78, 5) is 21.3. The van der Waals surface area contributed by atoms with E-state index in [1.54, 1.807) is 25.6 Å². The summed E-state index contributed by atoms with van der Waals surface area (Å²) in [7, 11) is 1.61. The lowest BCUT2D eigenvalue weighted by atomic mass is 10.1. The number of anilines is 1. The number of guanidine groups is 1. The Morgan fingerprint density at radius 2 is 1.86 bits per heavy atom. The minimum absolute atomic E-state index is 0.220. The molecule has 0 saturated carbocycles. The van der Waals surface area contributed by atoms with Crippen molar-refractivity contribution >= 4 is 17.6 Å². The molecule has 0 unspecified atom stereocenters. The molecule has 3 aromatic rings. The molecule has 0 radical (unpaired) electrons. The number of hydrogen-bond acceptors (Lipinski definition) is 4. The molecule has 0 spiro atoms. The molecule has 6 heteroatoms. The topological polar surface area (TPSA) is 75.6 Å². The summed E-state index contributed by atoms with van der Waals surface area (Å²) in [6.45, 7) is 2.31. The van der Waals surface area contributed by atoms with Gasteiger partial charge in [0.2, 0.25) is 5.96 Å². The van der Waals surface area contributed by atoms with Gasteiger partial charge in [-0.3, -0.25) is 15.1 Å². The van der Waals surface area contributed by atoms with E-state index < -0.39 is 0 Å². The highest BCUT2D eigenvalue weighted by atomic mass is 16.5. The lowest BCUT2D eigenvalue weighted by Crippen LogP contribution is -2.36. The number of nitrogens with zero attached hydrogens (tertiary/aromatic N) is 2. The molecule has 1 aromatic heterocycles. The first kappa shape index (κ1) is 19.1. The lowest BCUT2D eigenvalue weighted by Gasteiger charge is -2.13. The molecule has 3 rings (SSSR count). The zero-order valence-corrected chi connectivity index (χ0v) is 15.8. The molecular formula is C22H22N4O2. The van der Waals surface area contributed by atoms with E-state index in [-0.39, 0.29) is 5.91 Å². The third-order valence-corrected chi connectivity index (χ3v) is 4.12. The van der Waals surface area contributed by atoms with E-state index in [0.717, 1.165) is 16.8 Å². The van der Waals surface area contributed by atoms with Crippen LogP contribution in [0.1, 0.15) is 21.5 Å². The van der Waals surface area contributed by atoms with Crippen LogP contribution in [0, 0.1) is 6.92 Å². The number of ether oxygens (including phenoxy) is 1. The van der Waals surface area contributed by atoms with Gasteiger partial charge in [-0.15, -0.1) is 0 Å². The molecule has 1 heterocycles. The first-order chi connectivity index (χ1) is 13.7. The molecule has 2 aromatic carbocycles. The summed E-state index contributed by atoms with van der Waals surface area (Å²) in [6.07, 6.45) is 3.43. The molecule has 0 atom stereocenters. The number of aryl methyl sites for hydroxylation is 1. The van der Waals surface area contributed by atoms with Crippen LogP contribution in [0.5, 0.6) is 5.75 Å². The van der Waals surface area contributed by atoms with Crippen LogP contribution in [0.4, 0.5) is 5.69 Å². The van der Waals surface area contributed by atoms with Crippen molar-refractivity contribution in [1.29, 1.82) is 0 Å². The molecule has 6 nitrogen and oxygen atoms in total. The van der Waals surface area contributed by atoms with Gasteiger partial charge in [0.05, 0.1) is 13.7 Å². The van der Waals surface area contributed by atoms with Crippen LogP contribution in [0.25, 0.3) is 0 Å². The van der Waals surface area contributed by atoms with Crippen molar-refractivity contribution in [2.75, 3.05) is 12.4 Å². The molecule has 1 amide bonds. The standard InChI is InChI=1S/C22H22N4O2/c1-16-6-3-4-9-20(16)21(27)26-22(24-15-17-10-12-23-13-11-17)25-18-7-5-8-19(14-18)28-2/h3-14H,15H2,1-2H3,(H2,24,25,26,27). The predicted octanol–water partition coefficient (Wildman–Crippen LogP) is 3.80. The van der Waals surface area contributed by atoms with E-state index >= 15 is 0 Å². The Kier molecular flexibility index (Phi) is 6.36. The molecule has 0 aliphatic heterocycles. The van der Waals surface area contributed by atoms with Crippen molar-refractivity contribution in [2.45, 2.75) is 13.5 Å². The van der Waals surface area contributed by atoms with Gasteiger partial charge in [-0.25, -0.2) is 4.99 Å². The van der Waals surface area contributed by atoms with Gasteiger partial charge in [-0.1, -0.05) is 24.3 Å². The van der Waals surface area contributed by atoms with Gasteiger partial charge in [0.25, 0.3) is 5.91 Å². The number of rotatable bonds is 5. The third-order valence-electron chi connectivity index (χ3n) is 4.12. The number of carbonyl (C=O) groups is 1. The monoisotopic (exact) mass is 374 g/mol.